The van der Waals surface area contributed by atoms with Crippen LogP contribution in [0.2, 0.25) is 0 Å². The Balaban J connectivity index is 2.60. The van der Waals surface area contributed by atoms with Gasteiger partial charge in [0.05, 0.1) is 6.10 Å². The van der Waals surface area contributed by atoms with E-state index in [0.29, 0.717) is 12.5 Å². The first-order valence-corrected chi connectivity index (χ1v) is 5.58. The van der Waals surface area contributed by atoms with E-state index in [4.69, 9.17) is 9.47 Å². The van der Waals surface area contributed by atoms with E-state index in [-0.39, 0.29) is 12.2 Å². The molecular weight excluding hydrogens is 202 g/mol. The molecule has 0 saturated carbocycles. The molecule has 1 aromatic rings. The zero-order chi connectivity index (χ0) is 11.8. The largest absolute Gasteiger partial charge is 0.471 e. The van der Waals surface area contributed by atoms with Crippen molar-refractivity contribution in [2.45, 2.75) is 32.5 Å². The number of pyridine rings is 1. The molecule has 0 aliphatic carbocycles. The Hall–Kier alpha value is -1.35. The minimum Gasteiger partial charge on any atom is -0.471 e. The van der Waals surface area contributed by atoms with E-state index in [1.807, 2.05) is 38.1 Å². The summed E-state index contributed by atoms with van der Waals surface area (Å²) in [4.78, 5) is 4.13. The topological polar surface area (TPSA) is 31.4 Å². The molecule has 0 spiro atoms. The Morgan fingerprint density at radius 3 is 2.88 bits per heavy atom. The van der Waals surface area contributed by atoms with Crippen molar-refractivity contribution in [3.8, 4) is 5.88 Å². The molecule has 1 heterocycles. The van der Waals surface area contributed by atoms with Crippen LogP contribution < -0.4 is 4.74 Å². The first-order valence-electron chi connectivity index (χ1n) is 5.58. The van der Waals surface area contributed by atoms with Gasteiger partial charge in [0.2, 0.25) is 5.88 Å². The number of aromatic nitrogens is 1. The fourth-order valence-corrected chi connectivity index (χ4v) is 1.44. The molecule has 1 aromatic heterocycles. The second kappa shape index (κ2) is 7.01. The van der Waals surface area contributed by atoms with Crippen LogP contribution in [0.3, 0.4) is 0 Å². The van der Waals surface area contributed by atoms with E-state index in [2.05, 4.69) is 11.6 Å². The van der Waals surface area contributed by atoms with Gasteiger partial charge in [0.25, 0.3) is 0 Å². The second-order valence-electron chi connectivity index (χ2n) is 3.51. The van der Waals surface area contributed by atoms with Crippen LogP contribution in [0.15, 0.2) is 37.1 Å². The molecule has 0 amide bonds. The Morgan fingerprint density at radius 2 is 2.31 bits per heavy atom. The van der Waals surface area contributed by atoms with Crippen LogP contribution in [0, 0.1) is 0 Å². The summed E-state index contributed by atoms with van der Waals surface area (Å²) >= 11 is 0. The SMILES string of the molecule is C=CC[C@@H](Oc1ccccn1)C(C)OCC. The lowest BCUT2D eigenvalue weighted by Gasteiger charge is -2.23. The highest BCUT2D eigenvalue weighted by Crippen LogP contribution is 2.13. The predicted molar refractivity (Wildman–Crippen MR) is 64.6 cm³/mol. The molecule has 3 heteroatoms. The summed E-state index contributed by atoms with van der Waals surface area (Å²) in [7, 11) is 0. The lowest BCUT2D eigenvalue weighted by molar-refractivity contribution is -0.00941. The lowest BCUT2D eigenvalue weighted by atomic mass is 10.1. The van der Waals surface area contributed by atoms with Crippen molar-refractivity contribution >= 4 is 0 Å². The van der Waals surface area contributed by atoms with Gasteiger partial charge in [-0.25, -0.2) is 4.98 Å². The van der Waals surface area contributed by atoms with Crippen molar-refractivity contribution in [3.63, 3.8) is 0 Å². The molecule has 0 aliphatic rings. The molecule has 0 aromatic carbocycles. The molecule has 16 heavy (non-hydrogen) atoms. The normalized spacial score (nSPS) is 14.1. The molecule has 88 valence electrons. The van der Waals surface area contributed by atoms with Crippen LogP contribution >= 0.6 is 0 Å². The van der Waals surface area contributed by atoms with Crippen LogP contribution in [-0.4, -0.2) is 23.8 Å². The number of hydrogen-bond acceptors (Lipinski definition) is 3. The third kappa shape index (κ3) is 4.03. The summed E-state index contributed by atoms with van der Waals surface area (Å²) in [6, 6.07) is 5.61. The van der Waals surface area contributed by atoms with E-state index in [0.717, 1.165) is 6.42 Å². The highest BCUT2D eigenvalue weighted by atomic mass is 16.5. The van der Waals surface area contributed by atoms with E-state index in [9.17, 15) is 0 Å². The maximum absolute atomic E-state index is 5.76. The zero-order valence-corrected chi connectivity index (χ0v) is 9.93. The van der Waals surface area contributed by atoms with Gasteiger partial charge in [-0.3, -0.25) is 0 Å². The van der Waals surface area contributed by atoms with E-state index >= 15 is 0 Å². The van der Waals surface area contributed by atoms with Gasteiger partial charge in [0, 0.05) is 25.3 Å². The second-order valence-corrected chi connectivity index (χ2v) is 3.51. The highest BCUT2D eigenvalue weighted by molar-refractivity contribution is 5.10. The Kier molecular flexibility index (Phi) is 5.57. The quantitative estimate of drug-likeness (QED) is 0.663. The fourth-order valence-electron chi connectivity index (χ4n) is 1.44. The molecular formula is C13H19NO2. The first kappa shape index (κ1) is 12.7. The van der Waals surface area contributed by atoms with Crippen molar-refractivity contribution in [2.75, 3.05) is 6.61 Å². The number of rotatable bonds is 7. The third-order valence-electron chi connectivity index (χ3n) is 2.26. The average Bonchev–Trinajstić information content (AvgIpc) is 2.30. The number of hydrogen-bond donors (Lipinski definition) is 0. The molecule has 0 saturated heterocycles. The van der Waals surface area contributed by atoms with Gasteiger partial charge in [-0.2, -0.15) is 0 Å². The highest BCUT2D eigenvalue weighted by Gasteiger charge is 2.18. The predicted octanol–water partition coefficient (Wildman–Crippen LogP) is 2.83. The van der Waals surface area contributed by atoms with Crippen molar-refractivity contribution in [1.82, 2.24) is 4.98 Å². The van der Waals surface area contributed by atoms with E-state index in [1.165, 1.54) is 0 Å². The molecule has 1 unspecified atom stereocenters. The van der Waals surface area contributed by atoms with E-state index in [1.54, 1.807) is 6.20 Å². The summed E-state index contributed by atoms with van der Waals surface area (Å²) in [5.41, 5.74) is 0. The van der Waals surface area contributed by atoms with Crippen LogP contribution in [0.25, 0.3) is 0 Å². The van der Waals surface area contributed by atoms with Gasteiger partial charge < -0.3 is 9.47 Å². The minimum atomic E-state index is -0.0349. The van der Waals surface area contributed by atoms with Crippen LogP contribution in [0.5, 0.6) is 5.88 Å². The molecule has 1 rings (SSSR count). The summed E-state index contributed by atoms with van der Waals surface area (Å²) in [5.74, 6) is 0.626. The maximum Gasteiger partial charge on any atom is 0.213 e. The van der Waals surface area contributed by atoms with Crippen LogP contribution in [0.4, 0.5) is 0 Å². The third-order valence-corrected chi connectivity index (χ3v) is 2.26. The van der Waals surface area contributed by atoms with Gasteiger partial charge in [-0.1, -0.05) is 12.1 Å². The van der Waals surface area contributed by atoms with Crippen LogP contribution in [0.1, 0.15) is 20.3 Å². The molecule has 0 bridgehead atoms. The summed E-state index contributed by atoms with van der Waals surface area (Å²) in [5, 5.41) is 0. The van der Waals surface area contributed by atoms with Crippen LogP contribution in [-0.2, 0) is 4.74 Å². The lowest BCUT2D eigenvalue weighted by Crippen LogP contribution is -2.31. The smallest absolute Gasteiger partial charge is 0.213 e. The standard InChI is InChI=1S/C13H19NO2/c1-4-8-12(11(3)15-5-2)16-13-9-6-7-10-14-13/h4,6-7,9-12H,1,5,8H2,2-3H3/t11?,12-/m1/s1. The van der Waals surface area contributed by atoms with E-state index < -0.39 is 0 Å². The molecule has 0 radical (unpaired) electrons. The molecule has 0 aliphatic heterocycles. The van der Waals surface area contributed by atoms with Crippen molar-refractivity contribution < 1.29 is 9.47 Å². The molecule has 2 atom stereocenters. The average molecular weight is 221 g/mol. The Bertz CT molecular complexity index is 300. The summed E-state index contributed by atoms with van der Waals surface area (Å²) in [6.07, 6.45) is 4.30. The van der Waals surface area contributed by atoms with Gasteiger partial charge >= 0.3 is 0 Å². The van der Waals surface area contributed by atoms with Gasteiger partial charge in [-0.15, -0.1) is 6.58 Å². The molecule has 0 fully saturated rings. The summed E-state index contributed by atoms with van der Waals surface area (Å²) in [6.45, 7) is 8.38. The Morgan fingerprint density at radius 1 is 1.50 bits per heavy atom. The first-order chi connectivity index (χ1) is 7.77. The fraction of sp³-hybridized carbons (Fsp3) is 0.462. The minimum absolute atomic E-state index is 0.0324. The van der Waals surface area contributed by atoms with Crippen molar-refractivity contribution in [2.24, 2.45) is 0 Å². The molecule has 3 nitrogen and oxygen atoms in total. The summed E-state index contributed by atoms with van der Waals surface area (Å²) < 4.78 is 11.3. The van der Waals surface area contributed by atoms with Gasteiger partial charge in [0.15, 0.2) is 0 Å². The Labute approximate surface area is 97.1 Å². The van der Waals surface area contributed by atoms with Gasteiger partial charge in [0.1, 0.15) is 6.10 Å². The number of nitrogens with zero attached hydrogens (tertiary/aromatic N) is 1. The molecule has 0 N–H and O–H groups in total. The van der Waals surface area contributed by atoms with Gasteiger partial charge in [-0.05, 0) is 19.9 Å². The monoisotopic (exact) mass is 221 g/mol. The number of ether oxygens (including phenoxy) is 2. The zero-order valence-electron chi connectivity index (χ0n) is 9.93. The van der Waals surface area contributed by atoms with Crippen molar-refractivity contribution in [3.05, 3.63) is 37.1 Å². The maximum atomic E-state index is 5.76. The van der Waals surface area contributed by atoms with Crippen molar-refractivity contribution in [1.29, 1.82) is 0 Å².